The Morgan fingerprint density at radius 2 is 1.89 bits per heavy atom. The van der Waals surface area contributed by atoms with Crippen molar-refractivity contribution in [3.63, 3.8) is 0 Å². The number of rotatable bonds is 5. The van der Waals surface area contributed by atoms with E-state index < -0.39 is 24.6 Å². The standard InChI is InChI=1S/C11H11F2NO4/c1-6(9(14)15)17-10(16)7-4-2-3-5-8(7)18-11(12)13/h2-6,11H,1H3,(H2,14,15). The number of amides is 1. The van der Waals surface area contributed by atoms with Gasteiger partial charge in [-0.1, -0.05) is 12.1 Å². The van der Waals surface area contributed by atoms with Crippen molar-refractivity contribution in [3.8, 4) is 5.75 Å². The van der Waals surface area contributed by atoms with E-state index in [9.17, 15) is 18.4 Å². The van der Waals surface area contributed by atoms with E-state index in [1.165, 1.54) is 31.2 Å². The number of para-hydroxylation sites is 1. The molecule has 0 bridgehead atoms. The molecule has 18 heavy (non-hydrogen) atoms. The first-order chi connectivity index (χ1) is 8.41. The Morgan fingerprint density at radius 3 is 2.44 bits per heavy atom. The molecule has 2 N–H and O–H groups in total. The number of hydrogen-bond acceptors (Lipinski definition) is 4. The third-order valence-corrected chi connectivity index (χ3v) is 2.01. The molecule has 1 unspecified atom stereocenters. The zero-order valence-corrected chi connectivity index (χ0v) is 9.43. The van der Waals surface area contributed by atoms with E-state index >= 15 is 0 Å². The number of carbonyl (C=O) groups is 2. The maximum atomic E-state index is 12.1. The second-order valence-electron chi connectivity index (χ2n) is 3.32. The maximum Gasteiger partial charge on any atom is 0.387 e. The van der Waals surface area contributed by atoms with E-state index in [4.69, 9.17) is 5.73 Å². The van der Waals surface area contributed by atoms with Crippen LogP contribution in [-0.4, -0.2) is 24.6 Å². The molecule has 0 aliphatic rings. The van der Waals surface area contributed by atoms with Gasteiger partial charge in [0.15, 0.2) is 6.10 Å². The van der Waals surface area contributed by atoms with Crippen LogP contribution in [0.5, 0.6) is 5.75 Å². The molecule has 7 heteroatoms. The van der Waals surface area contributed by atoms with Gasteiger partial charge < -0.3 is 15.2 Å². The predicted molar refractivity (Wildman–Crippen MR) is 57.1 cm³/mol. The van der Waals surface area contributed by atoms with E-state index in [1.807, 2.05) is 0 Å². The summed E-state index contributed by atoms with van der Waals surface area (Å²) in [5.41, 5.74) is 4.71. The molecule has 1 atom stereocenters. The molecule has 0 heterocycles. The summed E-state index contributed by atoms with van der Waals surface area (Å²) in [6.07, 6.45) is -1.16. The van der Waals surface area contributed by atoms with Crippen molar-refractivity contribution in [2.45, 2.75) is 19.6 Å². The molecule has 0 spiro atoms. The molecule has 0 radical (unpaired) electrons. The van der Waals surface area contributed by atoms with Gasteiger partial charge in [-0.15, -0.1) is 0 Å². The van der Waals surface area contributed by atoms with Crippen LogP contribution in [0.1, 0.15) is 17.3 Å². The summed E-state index contributed by atoms with van der Waals surface area (Å²) >= 11 is 0. The number of primary amides is 1. The largest absolute Gasteiger partial charge is 0.449 e. The molecule has 5 nitrogen and oxygen atoms in total. The molecule has 1 aromatic rings. The predicted octanol–water partition coefficient (Wildman–Crippen LogP) is 1.32. The minimum Gasteiger partial charge on any atom is -0.449 e. The second kappa shape index (κ2) is 5.95. The number of esters is 1. The van der Waals surface area contributed by atoms with Gasteiger partial charge in [-0.05, 0) is 19.1 Å². The molecule has 1 rings (SSSR count). The minimum absolute atomic E-state index is 0.203. The molecule has 0 aliphatic carbocycles. The van der Waals surface area contributed by atoms with Crippen molar-refractivity contribution in [2.75, 3.05) is 0 Å². The zero-order valence-electron chi connectivity index (χ0n) is 9.43. The Labute approximate surface area is 101 Å². The fraction of sp³-hybridized carbons (Fsp3) is 0.273. The number of alkyl halides is 2. The van der Waals surface area contributed by atoms with Crippen LogP contribution in [0.15, 0.2) is 24.3 Å². The van der Waals surface area contributed by atoms with Gasteiger partial charge in [0.2, 0.25) is 0 Å². The van der Waals surface area contributed by atoms with Crippen molar-refractivity contribution < 1.29 is 27.8 Å². The average Bonchev–Trinajstić information content (AvgIpc) is 2.28. The first kappa shape index (κ1) is 13.9. The molecule has 0 saturated heterocycles. The number of carbonyl (C=O) groups excluding carboxylic acids is 2. The lowest BCUT2D eigenvalue weighted by molar-refractivity contribution is -0.125. The van der Waals surface area contributed by atoms with Gasteiger partial charge in [0.1, 0.15) is 11.3 Å². The monoisotopic (exact) mass is 259 g/mol. The molecule has 1 aromatic carbocycles. The summed E-state index contributed by atoms with van der Waals surface area (Å²) in [6, 6.07) is 5.31. The van der Waals surface area contributed by atoms with Crippen LogP contribution in [0.25, 0.3) is 0 Å². The van der Waals surface area contributed by atoms with Crippen LogP contribution < -0.4 is 10.5 Å². The minimum atomic E-state index is -3.06. The van der Waals surface area contributed by atoms with E-state index in [0.717, 1.165) is 0 Å². The highest BCUT2D eigenvalue weighted by Gasteiger charge is 2.20. The van der Waals surface area contributed by atoms with Gasteiger partial charge >= 0.3 is 12.6 Å². The van der Waals surface area contributed by atoms with Gasteiger partial charge in [0.25, 0.3) is 5.91 Å². The summed E-state index contributed by atoms with van der Waals surface area (Å²) in [5, 5.41) is 0. The first-order valence-electron chi connectivity index (χ1n) is 4.96. The maximum absolute atomic E-state index is 12.1. The van der Waals surface area contributed by atoms with Crippen LogP contribution in [-0.2, 0) is 9.53 Å². The quantitative estimate of drug-likeness (QED) is 0.809. The van der Waals surface area contributed by atoms with E-state index in [0.29, 0.717) is 0 Å². The molecular weight excluding hydrogens is 248 g/mol. The van der Waals surface area contributed by atoms with Crippen LogP contribution in [0.4, 0.5) is 8.78 Å². The zero-order chi connectivity index (χ0) is 13.7. The van der Waals surface area contributed by atoms with Crippen molar-refractivity contribution in [1.82, 2.24) is 0 Å². The Kier molecular flexibility index (Phi) is 4.59. The van der Waals surface area contributed by atoms with Crippen molar-refractivity contribution in [2.24, 2.45) is 5.73 Å². The fourth-order valence-electron chi connectivity index (χ4n) is 1.12. The van der Waals surface area contributed by atoms with Crippen molar-refractivity contribution in [1.29, 1.82) is 0 Å². The fourth-order valence-corrected chi connectivity index (χ4v) is 1.12. The van der Waals surface area contributed by atoms with Crippen molar-refractivity contribution >= 4 is 11.9 Å². The lowest BCUT2D eigenvalue weighted by Gasteiger charge is -2.12. The Hall–Kier alpha value is -2.18. The third-order valence-electron chi connectivity index (χ3n) is 2.01. The van der Waals surface area contributed by atoms with Gasteiger partial charge in [0.05, 0.1) is 0 Å². The highest BCUT2D eigenvalue weighted by Crippen LogP contribution is 2.21. The molecule has 1 amide bonds. The number of nitrogens with two attached hydrogens (primary N) is 1. The third kappa shape index (κ3) is 3.69. The van der Waals surface area contributed by atoms with Gasteiger partial charge in [0, 0.05) is 0 Å². The molecule has 0 saturated carbocycles. The number of benzene rings is 1. The summed E-state index contributed by atoms with van der Waals surface area (Å²) in [5.74, 6) is -2.12. The van der Waals surface area contributed by atoms with Crippen LogP contribution in [0, 0.1) is 0 Å². The highest BCUT2D eigenvalue weighted by atomic mass is 19.3. The molecule has 0 aliphatic heterocycles. The van der Waals surface area contributed by atoms with E-state index in [-0.39, 0.29) is 11.3 Å². The molecular formula is C11H11F2NO4. The summed E-state index contributed by atoms with van der Waals surface area (Å²) < 4.78 is 33.1. The summed E-state index contributed by atoms with van der Waals surface area (Å²) in [7, 11) is 0. The molecule has 98 valence electrons. The average molecular weight is 259 g/mol. The van der Waals surface area contributed by atoms with Crippen LogP contribution in [0.3, 0.4) is 0 Å². The Morgan fingerprint density at radius 1 is 1.28 bits per heavy atom. The Bertz CT molecular complexity index is 450. The van der Waals surface area contributed by atoms with Crippen LogP contribution >= 0.6 is 0 Å². The topological polar surface area (TPSA) is 78.6 Å². The normalized spacial score (nSPS) is 12.0. The van der Waals surface area contributed by atoms with E-state index in [2.05, 4.69) is 9.47 Å². The lowest BCUT2D eigenvalue weighted by Crippen LogP contribution is -2.30. The summed E-state index contributed by atoms with van der Waals surface area (Å²) in [6.45, 7) is -1.79. The lowest BCUT2D eigenvalue weighted by atomic mass is 10.2. The number of ether oxygens (including phenoxy) is 2. The number of hydrogen-bond donors (Lipinski definition) is 1. The summed E-state index contributed by atoms with van der Waals surface area (Å²) in [4.78, 5) is 22.3. The highest BCUT2D eigenvalue weighted by molar-refractivity contribution is 5.94. The van der Waals surface area contributed by atoms with Crippen LogP contribution in [0.2, 0.25) is 0 Å². The SMILES string of the molecule is CC(OC(=O)c1ccccc1OC(F)F)C(N)=O. The van der Waals surface area contributed by atoms with Gasteiger partial charge in [-0.2, -0.15) is 8.78 Å². The van der Waals surface area contributed by atoms with Crippen molar-refractivity contribution in [3.05, 3.63) is 29.8 Å². The molecule has 0 aromatic heterocycles. The smallest absolute Gasteiger partial charge is 0.387 e. The first-order valence-corrected chi connectivity index (χ1v) is 4.96. The number of halogens is 2. The van der Waals surface area contributed by atoms with E-state index in [1.54, 1.807) is 0 Å². The molecule has 0 fully saturated rings. The van der Waals surface area contributed by atoms with Gasteiger partial charge in [-0.25, -0.2) is 4.79 Å². The Balaban J connectivity index is 2.88. The van der Waals surface area contributed by atoms with Gasteiger partial charge in [-0.3, -0.25) is 4.79 Å². The second-order valence-corrected chi connectivity index (χ2v) is 3.32.